The Labute approximate surface area is 150 Å². The van der Waals surface area contributed by atoms with Crippen LogP contribution in [0.15, 0.2) is 30.3 Å². The Bertz CT molecular complexity index is 511. The smallest absolute Gasteiger partial charge is 0.163 e. The van der Waals surface area contributed by atoms with E-state index >= 15 is 0 Å². The van der Waals surface area contributed by atoms with Crippen LogP contribution in [-0.4, -0.2) is 42.2 Å². The highest BCUT2D eigenvalue weighted by Gasteiger charge is 2.50. The number of rotatable bonds is 4. The van der Waals surface area contributed by atoms with E-state index in [2.05, 4.69) is 22.3 Å². The molecule has 130 valence electrons. The van der Waals surface area contributed by atoms with Crippen molar-refractivity contribution in [3.8, 4) is 0 Å². The van der Waals surface area contributed by atoms with Crippen molar-refractivity contribution < 1.29 is 9.90 Å². The van der Waals surface area contributed by atoms with Gasteiger partial charge in [-0.3, -0.25) is 4.79 Å². The fourth-order valence-electron chi connectivity index (χ4n) is 3.58. The summed E-state index contributed by atoms with van der Waals surface area (Å²) in [6, 6.07) is 10.0. The molecule has 2 N–H and O–H groups in total. The van der Waals surface area contributed by atoms with Crippen LogP contribution in [0.5, 0.6) is 0 Å². The third kappa shape index (κ3) is 3.82. The van der Waals surface area contributed by atoms with Gasteiger partial charge < -0.3 is 15.3 Å². The molecule has 2 fully saturated rings. The monoisotopic (exact) mass is 360 g/mol. The van der Waals surface area contributed by atoms with Gasteiger partial charge in [-0.2, -0.15) is 0 Å². The highest BCUT2D eigenvalue weighted by molar-refractivity contribution is 5.86. The molecule has 0 aromatic heterocycles. The van der Waals surface area contributed by atoms with Gasteiger partial charge in [-0.05, 0) is 37.8 Å². The Morgan fingerprint density at radius 2 is 1.91 bits per heavy atom. The fraction of sp³-hybridized carbons (Fsp3) is 0.588. The summed E-state index contributed by atoms with van der Waals surface area (Å²) in [5.74, 6) is 0.0165. The topological polar surface area (TPSA) is 52.6 Å². The molecule has 0 amide bonds. The molecule has 0 bridgehead atoms. The lowest BCUT2D eigenvalue weighted by atomic mass is 9.67. The number of ketones is 1. The molecule has 6 heteroatoms. The summed E-state index contributed by atoms with van der Waals surface area (Å²) < 4.78 is 0. The Kier molecular flexibility index (Phi) is 7.33. The van der Waals surface area contributed by atoms with Crippen molar-refractivity contribution in [3.63, 3.8) is 0 Å². The van der Waals surface area contributed by atoms with E-state index in [1.165, 1.54) is 6.92 Å². The van der Waals surface area contributed by atoms with Gasteiger partial charge in [-0.15, -0.1) is 24.8 Å². The summed E-state index contributed by atoms with van der Waals surface area (Å²) in [5.41, 5.74) is -0.0605. The van der Waals surface area contributed by atoms with Gasteiger partial charge in [-0.1, -0.05) is 24.6 Å². The number of aliphatic hydroxyl groups is 1. The van der Waals surface area contributed by atoms with E-state index in [0.717, 1.165) is 38.0 Å². The minimum atomic E-state index is -1.22. The summed E-state index contributed by atoms with van der Waals surface area (Å²) in [7, 11) is 0. The van der Waals surface area contributed by atoms with Crippen LogP contribution in [0.3, 0.4) is 0 Å². The molecule has 1 aromatic carbocycles. The van der Waals surface area contributed by atoms with Gasteiger partial charge in [0.2, 0.25) is 0 Å². The lowest BCUT2D eigenvalue weighted by Crippen LogP contribution is -2.67. The van der Waals surface area contributed by atoms with E-state index < -0.39 is 5.60 Å². The second kappa shape index (κ2) is 8.34. The van der Waals surface area contributed by atoms with Crippen molar-refractivity contribution >= 4 is 36.3 Å². The Morgan fingerprint density at radius 1 is 1.26 bits per heavy atom. The molecule has 1 heterocycles. The zero-order chi connectivity index (χ0) is 14.9. The number of hydrogen-bond acceptors (Lipinski definition) is 4. The van der Waals surface area contributed by atoms with Crippen LogP contribution >= 0.6 is 24.8 Å². The van der Waals surface area contributed by atoms with Crippen LogP contribution in [-0.2, 0) is 4.79 Å². The second-order valence-electron chi connectivity index (χ2n) is 6.30. The van der Waals surface area contributed by atoms with Gasteiger partial charge in [-0.25, -0.2) is 0 Å². The van der Waals surface area contributed by atoms with Gasteiger partial charge in [0.1, 0.15) is 5.60 Å². The largest absolute Gasteiger partial charge is 0.380 e. The number of para-hydroxylation sites is 1. The third-order valence-corrected chi connectivity index (χ3v) is 5.12. The molecular formula is C17H26Cl2N2O2. The molecule has 23 heavy (non-hydrogen) atoms. The average molecular weight is 361 g/mol. The fourth-order valence-corrected chi connectivity index (χ4v) is 3.58. The van der Waals surface area contributed by atoms with Crippen LogP contribution in [0.4, 0.5) is 5.69 Å². The molecule has 0 radical (unpaired) electrons. The van der Waals surface area contributed by atoms with E-state index in [4.69, 9.17) is 0 Å². The van der Waals surface area contributed by atoms with Gasteiger partial charge in [0.05, 0.1) is 6.04 Å². The number of carbonyl (C=O) groups is 1. The maximum atomic E-state index is 12.1. The molecule has 3 rings (SSSR count). The number of nitrogens with zero attached hydrogens (tertiary/aromatic N) is 1. The van der Waals surface area contributed by atoms with E-state index in [1.54, 1.807) is 0 Å². The molecule has 2 aliphatic rings. The number of benzene rings is 1. The van der Waals surface area contributed by atoms with Crippen LogP contribution in [0.2, 0.25) is 0 Å². The molecule has 1 saturated heterocycles. The van der Waals surface area contributed by atoms with Crippen molar-refractivity contribution in [3.05, 3.63) is 30.3 Å². The van der Waals surface area contributed by atoms with Crippen LogP contribution in [0.25, 0.3) is 0 Å². The molecule has 2 atom stereocenters. The normalized spacial score (nSPS) is 23.7. The Morgan fingerprint density at radius 3 is 2.43 bits per heavy atom. The predicted octanol–water partition coefficient (Wildman–Crippen LogP) is 2.43. The summed E-state index contributed by atoms with van der Waals surface area (Å²) >= 11 is 0. The summed E-state index contributed by atoms with van der Waals surface area (Å²) in [6.45, 7) is 3.90. The number of carbonyl (C=O) groups excluding carboxylic acids is 1. The average Bonchev–Trinajstić information content (AvgIpc) is 2.46. The van der Waals surface area contributed by atoms with E-state index in [-0.39, 0.29) is 42.6 Å². The summed E-state index contributed by atoms with van der Waals surface area (Å²) in [4.78, 5) is 14.4. The van der Waals surface area contributed by atoms with Crippen LogP contribution < -0.4 is 10.2 Å². The lowest BCUT2D eigenvalue weighted by molar-refractivity contribution is -0.150. The predicted molar refractivity (Wildman–Crippen MR) is 97.9 cm³/mol. The van der Waals surface area contributed by atoms with E-state index in [0.29, 0.717) is 6.54 Å². The summed E-state index contributed by atoms with van der Waals surface area (Å²) in [5, 5.41) is 14.4. The van der Waals surface area contributed by atoms with E-state index in [9.17, 15) is 9.90 Å². The molecule has 1 aliphatic heterocycles. The number of hydrogen-bond donors (Lipinski definition) is 2. The molecule has 2 unspecified atom stereocenters. The molecule has 1 saturated carbocycles. The first-order valence-electron chi connectivity index (χ1n) is 7.89. The molecule has 0 spiro atoms. The highest BCUT2D eigenvalue weighted by Crippen LogP contribution is 2.39. The van der Waals surface area contributed by atoms with Crippen molar-refractivity contribution in [2.45, 2.75) is 37.8 Å². The third-order valence-electron chi connectivity index (χ3n) is 5.12. The Balaban J connectivity index is 0.00000132. The van der Waals surface area contributed by atoms with Crippen molar-refractivity contribution in [1.29, 1.82) is 0 Å². The highest BCUT2D eigenvalue weighted by atomic mass is 35.5. The minimum Gasteiger partial charge on any atom is -0.380 e. The van der Waals surface area contributed by atoms with Gasteiger partial charge in [0.25, 0.3) is 0 Å². The first kappa shape index (κ1) is 20.2. The first-order valence-corrected chi connectivity index (χ1v) is 7.89. The van der Waals surface area contributed by atoms with Crippen molar-refractivity contribution in [2.24, 2.45) is 5.92 Å². The maximum absolute atomic E-state index is 12.1. The number of nitrogens with one attached hydrogen (secondary N) is 1. The van der Waals surface area contributed by atoms with Gasteiger partial charge >= 0.3 is 0 Å². The number of anilines is 1. The molecule has 1 aromatic rings. The standard InChI is InChI=1S/C17H24N2O2.2ClH/c1-13(20)17(21,14-6-5-7-14)16-12-19(11-10-18-16)15-8-3-2-4-9-15;;/h2-4,8-9,14,16,18,21H,5-7,10-12H2,1H3;2*1H. The maximum Gasteiger partial charge on any atom is 0.163 e. The van der Waals surface area contributed by atoms with Crippen molar-refractivity contribution in [2.75, 3.05) is 24.5 Å². The first-order chi connectivity index (χ1) is 10.1. The lowest BCUT2D eigenvalue weighted by Gasteiger charge is -2.48. The quantitative estimate of drug-likeness (QED) is 0.865. The summed E-state index contributed by atoms with van der Waals surface area (Å²) in [6.07, 6.45) is 3.04. The Hall–Kier alpha value is -0.810. The SMILES string of the molecule is CC(=O)C(O)(C1CCC1)C1CN(c2ccccc2)CCN1.Cl.Cl. The number of halogens is 2. The number of piperazine rings is 1. The molecule has 1 aliphatic carbocycles. The zero-order valence-electron chi connectivity index (χ0n) is 13.4. The minimum absolute atomic E-state index is 0. The van der Waals surface area contributed by atoms with Gasteiger partial charge in [0.15, 0.2) is 5.78 Å². The van der Waals surface area contributed by atoms with Gasteiger partial charge in [0, 0.05) is 25.3 Å². The second-order valence-corrected chi connectivity index (χ2v) is 6.30. The molecule has 4 nitrogen and oxygen atoms in total. The van der Waals surface area contributed by atoms with Crippen LogP contribution in [0, 0.1) is 5.92 Å². The molecular weight excluding hydrogens is 335 g/mol. The zero-order valence-corrected chi connectivity index (χ0v) is 15.0. The van der Waals surface area contributed by atoms with E-state index in [1.807, 2.05) is 18.2 Å². The number of Topliss-reactive ketones (excluding diaryl/α,β-unsaturated/α-hetero) is 1. The van der Waals surface area contributed by atoms with Crippen LogP contribution in [0.1, 0.15) is 26.2 Å². The van der Waals surface area contributed by atoms with Crippen molar-refractivity contribution in [1.82, 2.24) is 5.32 Å².